The average Bonchev–Trinajstić information content (AvgIpc) is 2.67. The Morgan fingerprint density at radius 3 is 2.50 bits per heavy atom. The average molecular weight is 390 g/mol. The molecule has 0 saturated carbocycles. The van der Waals surface area contributed by atoms with Gasteiger partial charge in [-0.1, -0.05) is 11.6 Å². The maximum absolute atomic E-state index is 12.5. The summed E-state index contributed by atoms with van der Waals surface area (Å²) >= 11 is 8.27. The second-order valence-corrected chi connectivity index (χ2v) is 7.52. The van der Waals surface area contributed by atoms with Crippen LogP contribution in [0.4, 0.5) is 0 Å². The Kier molecular flexibility index (Phi) is 4.25. The van der Waals surface area contributed by atoms with Gasteiger partial charge in [0, 0.05) is 5.56 Å². The van der Waals surface area contributed by atoms with E-state index >= 15 is 0 Å². The molecule has 94 valence electrons. The van der Waals surface area contributed by atoms with Crippen molar-refractivity contribution < 1.29 is 9.53 Å². The van der Waals surface area contributed by atoms with Crippen molar-refractivity contribution in [1.29, 1.82) is 0 Å². The van der Waals surface area contributed by atoms with Gasteiger partial charge in [-0.2, -0.15) is 0 Å². The number of carbonyl (C=O) groups is 1. The molecule has 1 aromatic carbocycles. The third kappa shape index (κ3) is 2.68. The van der Waals surface area contributed by atoms with Crippen molar-refractivity contribution in [2.75, 3.05) is 7.11 Å². The largest absolute Gasteiger partial charge is 0.496 e. The first kappa shape index (κ1) is 13.8. The molecule has 0 bridgehead atoms. The molecule has 0 spiro atoms. The minimum atomic E-state index is -0.0376. The molecule has 0 atom stereocenters. The Morgan fingerprint density at radius 2 is 1.94 bits per heavy atom. The van der Waals surface area contributed by atoms with Gasteiger partial charge in [-0.3, -0.25) is 4.79 Å². The smallest absolute Gasteiger partial charge is 0.198 e. The molecule has 1 aromatic heterocycles. The highest BCUT2D eigenvalue weighted by Crippen LogP contribution is 2.34. The van der Waals surface area contributed by atoms with Gasteiger partial charge in [0.2, 0.25) is 0 Å². The number of aryl methyl sites for hydroxylation is 1. The van der Waals surface area contributed by atoms with Crippen molar-refractivity contribution in [3.05, 3.63) is 48.5 Å². The summed E-state index contributed by atoms with van der Waals surface area (Å²) in [5.41, 5.74) is 2.27. The maximum atomic E-state index is 12.5. The van der Waals surface area contributed by atoms with Gasteiger partial charge in [0.25, 0.3) is 0 Å². The third-order valence-electron chi connectivity index (χ3n) is 2.50. The van der Waals surface area contributed by atoms with Gasteiger partial charge < -0.3 is 4.74 Å². The standard InChI is InChI=1S/C13H10Br2O2S/c1-7-3-4-10(17-2)8(5-7)12(16)9-6-11(14)18-13(9)15/h3-6H,1-2H3. The van der Waals surface area contributed by atoms with Crippen molar-refractivity contribution in [2.24, 2.45) is 0 Å². The van der Waals surface area contributed by atoms with Gasteiger partial charge in [0.05, 0.1) is 20.2 Å². The molecule has 0 aliphatic carbocycles. The first-order valence-corrected chi connectivity index (χ1v) is 7.57. The number of ether oxygens (including phenoxy) is 1. The molecule has 0 unspecified atom stereocenters. The normalized spacial score (nSPS) is 10.4. The Bertz CT molecular complexity index is 605. The van der Waals surface area contributed by atoms with Gasteiger partial charge in [-0.05, 0) is 57.0 Å². The number of halogens is 2. The highest BCUT2D eigenvalue weighted by Gasteiger charge is 2.19. The molecule has 0 aliphatic heterocycles. The van der Waals surface area contributed by atoms with Crippen LogP contribution in [0, 0.1) is 6.92 Å². The van der Waals surface area contributed by atoms with Crippen LogP contribution < -0.4 is 4.74 Å². The van der Waals surface area contributed by atoms with Crippen LogP contribution in [0.3, 0.4) is 0 Å². The molecule has 0 radical (unpaired) electrons. The number of thiophene rings is 1. The fraction of sp³-hybridized carbons (Fsp3) is 0.154. The Labute approximate surface area is 126 Å². The molecular formula is C13H10Br2O2S. The summed E-state index contributed by atoms with van der Waals surface area (Å²) in [6.07, 6.45) is 0. The molecule has 1 heterocycles. The number of hydrogen-bond donors (Lipinski definition) is 0. The van der Waals surface area contributed by atoms with Crippen LogP contribution >= 0.6 is 43.2 Å². The molecule has 0 aliphatic rings. The van der Waals surface area contributed by atoms with E-state index in [0.717, 1.165) is 13.1 Å². The van der Waals surface area contributed by atoms with E-state index in [-0.39, 0.29) is 5.78 Å². The minimum Gasteiger partial charge on any atom is -0.496 e. The molecule has 0 fully saturated rings. The van der Waals surface area contributed by atoms with Crippen LogP contribution in [0.25, 0.3) is 0 Å². The molecule has 0 saturated heterocycles. The summed E-state index contributed by atoms with van der Waals surface area (Å²) in [5, 5.41) is 0. The van der Waals surface area contributed by atoms with E-state index in [1.807, 2.05) is 31.2 Å². The van der Waals surface area contributed by atoms with Crippen molar-refractivity contribution in [2.45, 2.75) is 6.92 Å². The first-order chi connectivity index (χ1) is 8.52. The monoisotopic (exact) mass is 388 g/mol. The van der Waals surface area contributed by atoms with E-state index < -0.39 is 0 Å². The van der Waals surface area contributed by atoms with E-state index in [0.29, 0.717) is 16.9 Å². The minimum absolute atomic E-state index is 0.0376. The number of rotatable bonds is 3. The molecular weight excluding hydrogens is 380 g/mol. The number of carbonyl (C=O) groups excluding carboxylic acids is 1. The zero-order valence-corrected chi connectivity index (χ0v) is 13.8. The third-order valence-corrected chi connectivity index (χ3v) is 4.84. The Hall–Kier alpha value is -0.650. The molecule has 2 aromatic rings. The summed E-state index contributed by atoms with van der Waals surface area (Å²) < 4.78 is 6.99. The van der Waals surface area contributed by atoms with E-state index in [4.69, 9.17) is 4.74 Å². The molecule has 18 heavy (non-hydrogen) atoms. The number of hydrogen-bond acceptors (Lipinski definition) is 3. The summed E-state index contributed by atoms with van der Waals surface area (Å²) in [7, 11) is 1.57. The molecule has 2 rings (SSSR count). The van der Waals surface area contributed by atoms with Crippen LogP contribution in [0.2, 0.25) is 0 Å². The zero-order chi connectivity index (χ0) is 13.3. The topological polar surface area (TPSA) is 26.3 Å². The number of methoxy groups -OCH3 is 1. The lowest BCUT2D eigenvalue weighted by Crippen LogP contribution is -2.03. The Balaban J connectivity index is 2.51. The van der Waals surface area contributed by atoms with Crippen molar-refractivity contribution >= 4 is 49.0 Å². The maximum Gasteiger partial charge on any atom is 0.198 e. The van der Waals surface area contributed by atoms with Crippen molar-refractivity contribution in [3.63, 3.8) is 0 Å². The van der Waals surface area contributed by atoms with Gasteiger partial charge in [-0.15, -0.1) is 11.3 Å². The van der Waals surface area contributed by atoms with Crippen molar-refractivity contribution in [3.8, 4) is 5.75 Å². The van der Waals surface area contributed by atoms with Gasteiger partial charge in [0.1, 0.15) is 5.75 Å². The van der Waals surface area contributed by atoms with E-state index in [9.17, 15) is 4.79 Å². The summed E-state index contributed by atoms with van der Waals surface area (Å²) in [6.45, 7) is 1.95. The molecule has 0 amide bonds. The SMILES string of the molecule is COc1ccc(C)cc1C(=O)c1cc(Br)sc1Br. The molecule has 0 N–H and O–H groups in total. The predicted molar refractivity (Wildman–Crippen MR) is 80.9 cm³/mol. The number of ketones is 1. The van der Waals surface area contributed by atoms with E-state index in [1.54, 1.807) is 7.11 Å². The van der Waals surface area contributed by atoms with E-state index in [1.165, 1.54) is 11.3 Å². The molecule has 5 heteroatoms. The van der Waals surface area contributed by atoms with Gasteiger partial charge >= 0.3 is 0 Å². The van der Waals surface area contributed by atoms with Crippen LogP contribution in [0.15, 0.2) is 31.8 Å². The fourth-order valence-corrected chi connectivity index (χ4v) is 4.43. The van der Waals surface area contributed by atoms with Crippen LogP contribution in [-0.2, 0) is 0 Å². The fourth-order valence-electron chi connectivity index (χ4n) is 1.64. The lowest BCUT2D eigenvalue weighted by molar-refractivity contribution is 0.103. The van der Waals surface area contributed by atoms with Gasteiger partial charge in [-0.25, -0.2) is 0 Å². The molecule has 2 nitrogen and oxygen atoms in total. The Morgan fingerprint density at radius 1 is 1.22 bits per heavy atom. The highest BCUT2D eigenvalue weighted by atomic mass is 79.9. The predicted octanol–water partition coefficient (Wildman–Crippen LogP) is 4.82. The van der Waals surface area contributed by atoms with Crippen LogP contribution in [0.1, 0.15) is 21.5 Å². The quantitative estimate of drug-likeness (QED) is 0.703. The van der Waals surface area contributed by atoms with E-state index in [2.05, 4.69) is 31.9 Å². The lowest BCUT2D eigenvalue weighted by Gasteiger charge is -2.08. The second kappa shape index (κ2) is 5.55. The summed E-state index contributed by atoms with van der Waals surface area (Å²) in [6, 6.07) is 7.41. The lowest BCUT2D eigenvalue weighted by atomic mass is 10.0. The number of benzene rings is 1. The van der Waals surface area contributed by atoms with Gasteiger partial charge in [0.15, 0.2) is 5.78 Å². The highest BCUT2D eigenvalue weighted by molar-refractivity contribution is 9.12. The van der Waals surface area contributed by atoms with Crippen LogP contribution in [0.5, 0.6) is 5.75 Å². The second-order valence-electron chi connectivity index (χ2n) is 3.77. The summed E-state index contributed by atoms with van der Waals surface area (Å²) in [5.74, 6) is 0.559. The first-order valence-electron chi connectivity index (χ1n) is 5.17. The zero-order valence-electron chi connectivity index (χ0n) is 9.79. The summed E-state index contributed by atoms with van der Waals surface area (Å²) in [4.78, 5) is 12.5. The van der Waals surface area contributed by atoms with Crippen LogP contribution in [-0.4, -0.2) is 12.9 Å². The van der Waals surface area contributed by atoms with Crippen molar-refractivity contribution in [1.82, 2.24) is 0 Å².